The van der Waals surface area contributed by atoms with Gasteiger partial charge in [0.25, 0.3) is 0 Å². The summed E-state index contributed by atoms with van der Waals surface area (Å²) < 4.78 is 0.731. The van der Waals surface area contributed by atoms with E-state index in [-0.39, 0.29) is 18.1 Å². The zero-order chi connectivity index (χ0) is 13.0. The monoisotopic (exact) mass is 306 g/mol. The standard InChI is InChI=1S/C13H11BrN2O2/c14-11-8-15-5-4-12(11)16-13(18)7-9-2-1-3-10(17)6-9/h1-6,8,17H,7H2,(H,15,16,18). The number of amides is 1. The summed E-state index contributed by atoms with van der Waals surface area (Å²) in [4.78, 5) is 15.7. The van der Waals surface area contributed by atoms with E-state index in [1.54, 1.807) is 42.7 Å². The molecule has 0 aliphatic heterocycles. The molecule has 2 N–H and O–H groups in total. The zero-order valence-electron chi connectivity index (χ0n) is 9.43. The molecule has 0 spiro atoms. The van der Waals surface area contributed by atoms with Crippen molar-refractivity contribution in [1.82, 2.24) is 4.98 Å². The molecule has 0 bridgehead atoms. The number of nitrogens with zero attached hydrogens (tertiary/aromatic N) is 1. The highest BCUT2D eigenvalue weighted by Crippen LogP contribution is 2.20. The molecule has 92 valence electrons. The van der Waals surface area contributed by atoms with Crippen LogP contribution in [0, 0.1) is 0 Å². The molecule has 0 saturated carbocycles. The van der Waals surface area contributed by atoms with E-state index < -0.39 is 0 Å². The van der Waals surface area contributed by atoms with Crippen molar-refractivity contribution in [3.8, 4) is 5.75 Å². The predicted octanol–water partition coefficient (Wildman–Crippen LogP) is 2.73. The van der Waals surface area contributed by atoms with Gasteiger partial charge in [-0.05, 0) is 39.7 Å². The fraction of sp³-hybridized carbons (Fsp3) is 0.0769. The molecule has 1 aromatic heterocycles. The van der Waals surface area contributed by atoms with Gasteiger partial charge < -0.3 is 10.4 Å². The average molecular weight is 307 g/mol. The number of hydrogen-bond acceptors (Lipinski definition) is 3. The number of phenols is 1. The summed E-state index contributed by atoms with van der Waals surface area (Å²) in [5.41, 5.74) is 1.44. The van der Waals surface area contributed by atoms with Crippen LogP contribution in [-0.4, -0.2) is 16.0 Å². The third kappa shape index (κ3) is 3.30. The van der Waals surface area contributed by atoms with Gasteiger partial charge in [-0.3, -0.25) is 9.78 Å². The highest BCUT2D eigenvalue weighted by atomic mass is 79.9. The van der Waals surface area contributed by atoms with Crippen LogP contribution in [0.5, 0.6) is 5.75 Å². The van der Waals surface area contributed by atoms with Crippen molar-refractivity contribution in [2.75, 3.05) is 5.32 Å². The number of anilines is 1. The molecule has 5 heteroatoms. The minimum absolute atomic E-state index is 0.146. The van der Waals surface area contributed by atoms with Crippen LogP contribution in [0.4, 0.5) is 5.69 Å². The SMILES string of the molecule is O=C(Cc1cccc(O)c1)Nc1ccncc1Br. The van der Waals surface area contributed by atoms with Crippen molar-refractivity contribution in [3.63, 3.8) is 0 Å². The van der Waals surface area contributed by atoms with E-state index in [2.05, 4.69) is 26.2 Å². The van der Waals surface area contributed by atoms with Gasteiger partial charge in [0.05, 0.1) is 16.6 Å². The van der Waals surface area contributed by atoms with Crippen molar-refractivity contribution in [2.45, 2.75) is 6.42 Å². The van der Waals surface area contributed by atoms with Gasteiger partial charge >= 0.3 is 0 Å². The first-order valence-corrected chi connectivity index (χ1v) is 6.12. The first kappa shape index (κ1) is 12.6. The summed E-state index contributed by atoms with van der Waals surface area (Å²) in [6.07, 6.45) is 3.43. The summed E-state index contributed by atoms with van der Waals surface area (Å²) in [6, 6.07) is 8.35. The molecule has 1 heterocycles. The fourth-order valence-corrected chi connectivity index (χ4v) is 1.87. The molecule has 1 amide bonds. The summed E-state index contributed by atoms with van der Waals surface area (Å²) >= 11 is 3.30. The first-order valence-electron chi connectivity index (χ1n) is 5.32. The number of hydrogen-bond donors (Lipinski definition) is 2. The van der Waals surface area contributed by atoms with E-state index >= 15 is 0 Å². The lowest BCUT2D eigenvalue weighted by Gasteiger charge is -2.07. The molecule has 4 nitrogen and oxygen atoms in total. The van der Waals surface area contributed by atoms with Gasteiger partial charge in [0, 0.05) is 12.4 Å². The second-order valence-corrected chi connectivity index (χ2v) is 4.60. The van der Waals surface area contributed by atoms with Crippen molar-refractivity contribution in [2.24, 2.45) is 0 Å². The van der Waals surface area contributed by atoms with Gasteiger partial charge in [0.1, 0.15) is 5.75 Å². The summed E-state index contributed by atoms with van der Waals surface area (Å²) in [5.74, 6) is 0.0119. The summed E-state index contributed by atoms with van der Waals surface area (Å²) in [6.45, 7) is 0. The van der Waals surface area contributed by atoms with Crippen LogP contribution >= 0.6 is 15.9 Å². The number of phenolic OH excluding ortho intramolecular Hbond substituents is 1. The zero-order valence-corrected chi connectivity index (χ0v) is 11.0. The highest BCUT2D eigenvalue weighted by Gasteiger charge is 2.06. The Balaban J connectivity index is 2.03. The molecule has 0 atom stereocenters. The maximum atomic E-state index is 11.8. The predicted molar refractivity (Wildman–Crippen MR) is 72.4 cm³/mol. The van der Waals surface area contributed by atoms with Crippen LogP contribution in [0.25, 0.3) is 0 Å². The number of aromatic hydroxyl groups is 1. The number of carbonyl (C=O) groups excluding carboxylic acids is 1. The quantitative estimate of drug-likeness (QED) is 0.916. The Kier molecular flexibility index (Phi) is 3.94. The van der Waals surface area contributed by atoms with E-state index in [9.17, 15) is 9.90 Å². The molecular weight excluding hydrogens is 296 g/mol. The Bertz CT molecular complexity index is 572. The van der Waals surface area contributed by atoms with Crippen LogP contribution in [-0.2, 0) is 11.2 Å². The third-order valence-electron chi connectivity index (χ3n) is 2.32. The number of pyridine rings is 1. The number of carbonyl (C=O) groups is 1. The van der Waals surface area contributed by atoms with Crippen molar-refractivity contribution in [1.29, 1.82) is 0 Å². The van der Waals surface area contributed by atoms with E-state index in [1.165, 1.54) is 0 Å². The number of aromatic nitrogens is 1. The Morgan fingerprint density at radius 1 is 1.39 bits per heavy atom. The van der Waals surface area contributed by atoms with E-state index in [4.69, 9.17) is 0 Å². The van der Waals surface area contributed by atoms with E-state index in [0.717, 1.165) is 10.0 Å². The smallest absolute Gasteiger partial charge is 0.228 e. The lowest BCUT2D eigenvalue weighted by Crippen LogP contribution is -2.14. The maximum Gasteiger partial charge on any atom is 0.228 e. The highest BCUT2D eigenvalue weighted by molar-refractivity contribution is 9.10. The van der Waals surface area contributed by atoms with Crippen LogP contribution in [0.15, 0.2) is 47.2 Å². The van der Waals surface area contributed by atoms with Crippen molar-refractivity contribution < 1.29 is 9.90 Å². The van der Waals surface area contributed by atoms with Gasteiger partial charge in [-0.15, -0.1) is 0 Å². The molecule has 0 saturated heterocycles. The Morgan fingerprint density at radius 2 is 2.22 bits per heavy atom. The normalized spacial score (nSPS) is 10.1. The van der Waals surface area contributed by atoms with E-state index in [0.29, 0.717) is 5.69 Å². The molecule has 0 fully saturated rings. The lowest BCUT2D eigenvalue weighted by atomic mass is 10.1. The summed E-state index contributed by atoms with van der Waals surface area (Å²) in [7, 11) is 0. The van der Waals surface area contributed by atoms with Gasteiger partial charge in [0.2, 0.25) is 5.91 Å². The molecule has 0 unspecified atom stereocenters. The molecule has 0 radical (unpaired) electrons. The lowest BCUT2D eigenvalue weighted by molar-refractivity contribution is -0.115. The van der Waals surface area contributed by atoms with Crippen LogP contribution < -0.4 is 5.32 Å². The third-order valence-corrected chi connectivity index (χ3v) is 2.95. The van der Waals surface area contributed by atoms with Crippen molar-refractivity contribution in [3.05, 3.63) is 52.8 Å². The Labute approximate surface area is 113 Å². The number of benzene rings is 1. The molecule has 2 rings (SSSR count). The van der Waals surface area contributed by atoms with Gasteiger partial charge in [-0.1, -0.05) is 12.1 Å². The van der Waals surface area contributed by atoms with Gasteiger partial charge in [0.15, 0.2) is 0 Å². The number of halogens is 1. The molecule has 0 aliphatic carbocycles. The molecular formula is C13H11BrN2O2. The number of rotatable bonds is 3. The largest absolute Gasteiger partial charge is 0.508 e. The van der Waals surface area contributed by atoms with Gasteiger partial charge in [-0.2, -0.15) is 0 Å². The minimum Gasteiger partial charge on any atom is -0.508 e. The molecule has 0 aliphatic rings. The second-order valence-electron chi connectivity index (χ2n) is 3.75. The first-order chi connectivity index (χ1) is 8.65. The van der Waals surface area contributed by atoms with Gasteiger partial charge in [-0.25, -0.2) is 0 Å². The fourth-order valence-electron chi connectivity index (χ4n) is 1.52. The van der Waals surface area contributed by atoms with Crippen LogP contribution in [0.2, 0.25) is 0 Å². The average Bonchev–Trinajstić information content (AvgIpc) is 2.32. The molecule has 18 heavy (non-hydrogen) atoms. The summed E-state index contributed by atoms with van der Waals surface area (Å²) in [5, 5.41) is 12.1. The topological polar surface area (TPSA) is 62.2 Å². The van der Waals surface area contributed by atoms with E-state index in [1.807, 2.05) is 0 Å². The second kappa shape index (κ2) is 5.64. The minimum atomic E-state index is -0.146. The molecule has 1 aromatic carbocycles. The van der Waals surface area contributed by atoms with Crippen molar-refractivity contribution >= 4 is 27.5 Å². The Hall–Kier alpha value is -1.88. The number of nitrogens with one attached hydrogen (secondary N) is 1. The van der Waals surface area contributed by atoms with Crippen LogP contribution in [0.3, 0.4) is 0 Å². The molecule has 2 aromatic rings. The maximum absolute atomic E-state index is 11.8. The van der Waals surface area contributed by atoms with Crippen LogP contribution in [0.1, 0.15) is 5.56 Å². The Morgan fingerprint density at radius 3 is 2.94 bits per heavy atom.